The van der Waals surface area contributed by atoms with Crippen molar-refractivity contribution in [3.8, 4) is 0 Å². The van der Waals surface area contributed by atoms with Crippen LogP contribution in [0.4, 0.5) is 11.4 Å². The maximum Gasteiger partial charge on any atom is 0.234 e. The van der Waals surface area contributed by atoms with Gasteiger partial charge in [-0.2, -0.15) is 0 Å². The molecule has 20 heavy (non-hydrogen) atoms. The van der Waals surface area contributed by atoms with Crippen molar-refractivity contribution in [2.75, 3.05) is 16.4 Å². The van der Waals surface area contributed by atoms with Gasteiger partial charge in [0.2, 0.25) is 11.8 Å². The number of rotatable bonds is 3. The number of anilines is 2. The van der Waals surface area contributed by atoms with Gasteiger partial charge in [-0.05, 0) is 37.5 Å². The average Bonchev–Trinajstić information content (AvgIpc) is 2.36. The van der Waals surface area contributed by atoms with E-state index in [0.717, 1.165) is 29.8 Å². The normalized spacial score (nSPS) is 19.6. The number of benzene rings is 1. The Morgan fingerprint density at radius 2 is 2.25 bits per heavy atom. The molecule has 0 atom stereocenters. The lowest BCUT2D eigenvalue weighted by molar-refractivity contribution is -0.118. The number of nitrogens with one attached hydrogen (secondary N) is 2. The fourth-order valence-corrected chi connectivity index (χ4v) is 3.28. The van der Waals surface area contributed by atoms with Gasteiger partial charge >= 0.3 is 0 Å². The lowest BCUT2D eigenvalue weighted by Crippen LogP contribution is -2.48. The van der Waals surface area contributed by atoms with Crippen molar-refractivity contribution in [3.63, 3.8) is 0 Å². The molecule has 5 nitrogen and oxygen atoms in total. The highest BCUT2D eigenvalue weighted by Gasteiger charge is 2.34. The summed E-state index contributed by atoms with van der Waals surface area (Å²) < 4.78 is 0. The molecule has 1 heterocycles. The van der Waals surface area contributed by atoms with Crippen molar-refractivity contribution >= 4 is 35.0 Å². The van der Waals surface area contributed by atoms with Gasteiger partial charge in [0, 0.05) is 22.5 Å². The van der Waals surface area contributed by atoms with Gasteiger partial charge in [0.15, 0.2) is 0 Å². The van der Waals surface area contributed by atoms with Crippen LogP contribution in [0.2, 0.25) is 0 Å². The van der Waals surface area contributed by atoms with Gasteiger partial charge in [0.05, 0.1) is 11.4 Å². The van der Waals surface area contributed by atoms with E-state index < -0.39 is 0 Å². The molecule has 0 aromatic heterocycles. The first-order chi connectivity index (χ1) is 9.54. The SMILES string of the molecule is NC1(CC(=O)Nc2ccc3c(c2)NC(=O)CS3)CCC1. The highest BCUT2D eigenvalue weighted by atomic mass is 32.2. The lowest BCUT2D eigenvalue weighted by Gasteiger charge is -2.37. The summed E-state index contributed by atoms with van der Waals surface area (Å²) in [6.45, 7) is 0. The molecule has 106 valence electrons. The predicted octanol–water partition coefficient (Wildman–Crippen LogP) is 1.94. The Morgan fingerprint density at radius 1 is 1.45 bits per heavy atom. The van der Waals surface area contributed by atoms with E-state index >= 15 is 0 Å². The Balaban J connectivity index is 1.67. The zero-order chi connectivity index (χ0) is 14.2. The second-order valence-corrected chi connectivity index (χ2v) is 6.51. The Bertz CT molecular complexity index is 570. The highest BCUT2D eigenvalue weighted by Crippen LogP contribution is 2.34. The highest BCUT2D eigenvalue weighted by molar-refractivity contribution is 8.00. The van der Waals surface area contributed by atoms with Crippen LogP contribution in [0, 0.1) is 0 Å². The molecule has 1 saturated carbocycles. The predicted molar refractivity (Wildman–Crippen MR) is 79.8 cm³/mol. The van der Waals surface area contributed by atoms with Crippen molar-refractivity contribution in [2.24, 2.45) is 5.73 Å². The summed E-state index contributed by atoms with van der Waals surface area (Å²) in [6, 6.07) is 5.56. The molecular weight excluding hydrogens is 274 g/mol. The first-order valence-electron chi connectivity index (χ1n) is 6.70. The summed E-state index contributed by atoms with van der Waals surface area (Å²) in [6.07, 6.45) is 3.28. The van der Waals surface area contributed by atoms with Crippen LogP contribution >= 0.6 is 11.8 Å². The molecule has 1 aromatic rings. The van der Waals surface area contributed by atoms with E-state index in [2.05, 4.69) is 10.6 Å². The fourth-order valence-electron chi connectivity index (χ4n) is 2.49. The van der Waals surface area contributed by atoms with Crippen LogP contribution in [-0.2, 0) is 9.59 Å². The third-order valence-corrected chi connectivity index (χ3v) is 4.83. The van der Waals surface area contributed by atoms with Gasteiger partial charge in [-0.25, -0.2) is 0 Å². The number of amides is 2. The van der Waals surface area contributed by atoms with Crippen LogP contribution in [0.5, 0.6) is 0 Å². The van der Waals surface area contributed by atoms with E-state index in [1.54, 1.807) is 6.07 Å². The lowest BCUT2D eigenvalue weighted by atomic mass is 9.75. The quantitative estimate of drug-likeness (QED) is 0.794. The Morgan fingerprint density at radius 3 is 2.95 bits per heavy atom. The van der Waals surface area contributed by atoms with E-state index in [1.165, 1.54) is 11.8 Å². The third-order valence-electron chi connectivity index (χ3n) is 3.76. The number of thioether (sulfide) groups is 1. The molecule has 1 fully saturated rings. The minimum atomic E-state index is -0.317. The first-order valence-corrected chi connectivity index (χ1v) is 7.68. The maximum absolute atomic E-state index is 12.0. The Labute approximate surface area is 121 Å². The minimum absolute atomic E-state index is 0.0126. The first kappa shape index (κ1) is 13.5. The molecule has 0 spiro atoms. The van der Waals surface area contributed by atoms with Crippen LogP contribution < -0.4 is 16.4 Å². The molecule has 2 aliphatic rings. The molecule has 0 unspecified atom stereocenters. The topological polar surface area (TPSA) is 84.2 Å². The second-order valence-electron chi connectivity index (χ2n) is 5.49. The maximum atomic E-state index is 12.0. The number of carbonyl (C=O) groups excluding carboxylic acids is 2. The summed E-state index contributed by atoms with van der Waals surface area (Å²) in [4.78, 5) is 24.4. The molecule has 4 N–H and O–H groups in total. The van der Waals surface area contributed by atoms with E-state index in [9.17, 15) is 9.59 Å². The standard InChI is InChI=1S/C14H17N3O2S/c15-14(4-1-5-14)7-12(18)16-9-2-3-11-10(6-9)17-13(19)8-20-11/h2-3,6H,1,4-5,7-8,15H2,(H,16,18)(H,17,19). The monoisotopic (exact) mass is 291 g/mol. The van der Waals surface area contributed by atoms with Gasteiger partial charge in [-0.15, -0.1) is 11.8 Å². The number of nitrogens with two attached hydrogens (primary N) is 1. The molecular formula is C14H17N3O2S. The van der Waals surface area contributed by atoms with Gasteiger partial charge in [-0.1, -0.05) is 0 Å². The molecule has 3 rings (SSSR count). The van der Waals surface area contributed by atoms with Crippen LogP contribution in [-0.4, -0.2) is 23.1 Å². The van der Waals surface area contributed by atoms with Crippen LogP contribution in [0.1, 0.15) is 25.7 Å². The number of carbonyl (C=O) groups is 2. The smallest absolute Gasteiger partial charge is 0.234 e. The number of fused-ring (bicyclic) bond motifs is 1. The van der Waals surface area contributed by atoms with Crippen molar-refractivity contribution in [2.45, 2.75) is 36.1 Å². The van der Waals surface area contributed by atoms with Crippen molar-refractivity contribution in [1.29, 1.82) is 0 Å². The van der Waals surface area contributed by atoms with E-state index in [1.807, 2.05) is 12.1 Å². The Hall–Kier alpha value is -1.53. The van der Waals surface area contributed by atoms with Gasteiger partial charge < -0.3 is 16.4 Å². The van der Waals surface area contributed by atoms with Crippen molar-refractivity contribution in [1.82, 2.24) is 0 Å². The second kappa shape index (κ2) is 5.10. The van der Waals surface area contributed by atoms with E-state index in [-0.39, 0.29) is 17.4 Å². The number of hydrogen-bond donors (Lipinski definition) is 3. The number of hydrogen-bond acceptors (Lipinski definition) is 4. The van der Waals surface area contributed by atoms with Gasteiger partial charge in [-0.3, -0.25) is 9.59 Å². The van der Waals surface area contributed by atoms with E-state index in [4.69, 9.17) is 5.73 Å². The summed E-state index contributed by atoms with van der Waals surface area (Å²) >= 11 is 1.50. The molecule has 0 saturated heterocycles. The summed E-state index contributed by atoms with van der Waals surface area (Å²) in [7, 11) is 0. The zero-order valence-electron chi connectivity index (χ0n) is 11.1. The molecule has 1 aromatic carbocycles. The molecule has 1 aliphatic carbocycles. The van der Waals surface area contributed by atoms with Crippen molar-refractivity contribution < 1.29 is 9.59 Å². The molecule has 2 amide bonds. The molecule has 6 heteroatoms. The van der Waals surface area contributed by atoms with Crippen LogP contribution in [0.25, 0.3) is 0 Å². The zero-order valence-corrected chi connectivity index (χ0v) is 11.9. The summed E-state index contributed by atoms with van der Waals surface area (Å²) in [5.41, 5.74) is 7.20. The largest absolute Gasteiger partial charge is 0.326 e. The summed E-state index contributed by atoms with van der Waals surface area (Å²) in [5.74, 6) is 0.359. The Kier molecular flexibility index (Phi) is 3.43. The van der Waals surface area contributed by atoms with Crippen molar-refractivity contribution in [3.05, 3.63) is 18.2 Å². The molecule has 0 bridgehead atoms. The molecule has 1 aliphatic heterocycles. The fraction of sp³-hybridized carbons (Fsp3) is 0.429. The molecule has 0 radical (unpaired) electrons. The van der Waals surface area contributed by atoms with Crippen LogP contribution in [0.15, 0.2) is 23.1 Å². The van der Waals surface area contributed by atoms with Gasteiger partial charge in [0.25, 0.3) is 0 Å². The van der Waals surface area contributed by atoms with Crippen LogP contribution in [0.3, 0.4) is 0 Å². The minimum Gasteiger partial charge on any atom is -0.326 e. The van der Waals surface area contributed by atoms with Gasteiger partial charge in [0.1, 0.15) is 0 Å². The average molecular weight is 291 g/mol. The summed E-state index contributed by atoms with van der Waals surface area (Å²) in [5, 5.41) is 5.66. The van der Waals surface area contributed by atoms with E-state index in [0.29, 0.717) is 17.9 Å². The third kappa shape index (κ3) is 2.81.